The van der Waals surface area contributed by atoms with Gasteiger partial charge in [-0.15, -0.1) is 0 Å². The van der Waals surface area contributed by atoms with E-state index in [2.05, 4.69) is 23.8 Å². The molecule has 130 valence electrons. The van der Waals surface area contributed by atoms with E-state index in [0.717, 1.165) is 16.9 Å². The summed E-state index contributed by atoms with van der Waals surface area (Å²) in [6.07, 6.45) is -0.241. The van der Waals surface area contributed by atoms with Crippen LogP contribution in [0.25, 0.3) is 11.2 Å². The van der Waals surface area contributed by atoms with Crippen molar-refractivity contribution in [3.8, 4) is 6.01 Å². The fourth-order valence-corrected chi connectivity index (χ4v) is 3.75. The Morgan fingerprint density at radius 2 is 2.21 bits per heavy atom. The second-order valence-corrected chi connectivity index (χ2v) is 7.25. The molecule has 0 aliphatic carbocycles. The molecule has 2 fully saturated rings. The van der Waals surface area contributed by atoms with Gasteiger partial charge in [-0.3, -0.25) is 4.57 Å². The van der Waals surface area contributed by atoms with Crippen LogP contribution in [0, 0.1) is 12.8 Å². The monoisotopic (exact) mass is 351 g/mol. The summed E-state index contributed by atoms with van der Waals surface area (Å²) in [6.45, 7) is 10.1. The Balaban J connectivity index is 1.68. The van der Waals surface area contributed by atoms with Crippen molar-refractivity contribution in [2.45, 2.75) is 52.0 Å². The largest absolute Gasteiger partial charge is 0.456 e. The van der Waals surface area contributed by atoms with E-state index in [-0.39, 0.29) is 17.8 Å². The first kappa shape index (κ1) is 16.1. The van der Waals surface area contributed by atoms with E-state index in [1.54, 1.807) is 0 Å². The molecular formula is C17H22ClN3O3. The number of nitrogens with zero attached hydrogens (tertiary/aromatic N) is 3. The first-order valence-electron chi connectivity index (χ1n) is 8.39. The van der Waals surface area contributed by atoms with Gasteiger partial charge in [0.2, 0.25) is 0 Å². The Labute approximate surface area is 146 Å². The molecule has 0 spiro atoms. The van der Waals surface area contributed by atoms with Crippen LogP contribution in [-0.4, -0.2) is 45.6 Å². The summed E-state index contributed by atoms with van der Waals surface area (Å²) in [5, 5.41) is 0.611. The zero-order chi connectivity index (χ0) is 17.1. The maximum absolute atomic E-state index is 6.21. The Bertz CT molecular complexity index is 793. The van der Waals surface area contributed by atoms with E-state index >= 15 is 0 Å². The first-order chi connectivity index (χ1) is 11.4. The minimum Gasteiger partial charge on any atom is -0.456 e. The molecule has 2 saturated heterocycles. The molecular weight excluding hydrogens is 330 g/mol. The van der Waals surface area contributed by atoms with Gasteiger partial charge in [-0.1, -0.05) is 18.5 Å². The molecule has 0 saturated carbocycles. The highest BCUT2D eigenvalue weighted by atomic mass is 35.5. The number of imidazole rings is 1. The molecule has 4 rings (SSSR count). The highest BCUT2D eigenvalue weighted by Gasteiger charge is 2.56. The zero-order valence-corrected chi connectivity index (χ0v) is 15.1. The van der Waals surface area contributed by atoms with Gasteiger partial charge in [0.05, 0.1) is 23.9 Å². The quantitative estimate of drug-likeness (QED) is 0.850. The van der Waals surface area contributed by atoms with E-state index in [1.165, 1.54) is 0 Å². The third kappa shape index (κ3) is 2.24. The number of hydrogen-bond donors (Lipinski definition) is 0. The van der Waals surface area contributed by atoms with E-state index in [9.17, 15) is 0 Å². The average Bonchev–Trinajstić information content (AvgIpc) is 3.14. The van der Waals surface area contributed by atoms with Crippen molar-refractivity contribution in [1.29, 1.82) is 0 Å². The van der Waals surface area contributed by atoms with Crippen molar-refractivity contribution in [2.24, 2.45) is 5.92 Å². The van der Waals surface area contributed by atoms with Gasteiger partial charge >= 0.3 is 0 Å². The van der Waals surface area contributed by atoms with E-state index in [4.69, 9.17) is 25.8 Å². The standard InChI is InChI=1S/C17H22ClN3O3/c1-5-21-15-12(6-11(18)10(3)19-15)20-16(21)24-13-8-23-17(4)9(2)7-22-14(13)17/h6,9,13-14H,5,7-8H2,1-4H3. The SMILES string of the molecule is CCn1c(OC2COC3(C)C(C)COC23)nc2cc(Cl)c(C)nc21. The molecule has 4 atom stereocenters. The topological polar surface area (TPSA) is 58.4 Å². The van der Waals surface area contributed by atoms with Crippen molar-refractivity contribution < 1.29 is 14.2 Å². The van der Waals surface area contributed by atoms with Gasteiger partial charge in [0.1, 0.15) is 17.2 Å². The van der Waals surface area contributed by atoms with Gasteiger partial charge in [-0.25, -0.2) is 4.98 Å². The fraction of sp³-hybridized carbons (Fsp3) is 0.647. The maximum Gasteiger partial charge on any atom is 0.299 e. The summed E-state index contributed by atoms with van der Waals surface area (Å²) in [6, 6.07) is 2.38. The predicted octanol–water partition coefficient (Wildman–Crippen LogP) is 2.98. The minimum atomic E-state index is -0.286. The van der Waals surface area contributed by atoms with Crippen LogP contribution < -0.4 is 4.74 Å². The lowest BCUT2D eigenvalue weighted by Crippen LogP contribution is -2.42. The Morgan fingerprint density at radius 1 is 1.42 bits per heavy atom. The fourth-order valence-electron chi connectivity index (χ4n) is 3.61. The lowest BCUT2D eigenvalue weighted by atomic mass is 9.88. The van der Waals surface area contributed by atoms with Crippen molar-refractivity contribution in [3.05, 3.63) is 16.8 Å². The van der Waals surface area contributed by atoms with E-state index < -0.39 is 0 Å². The second-order valence-electron chi connectivity index (χ2n) is 6.84. The molecule has 0 amide bonds. The second kappa shape index (κ2) is 5.58. The molecule has 2 aliphatic heterocycles. The van der Waals surface area contributed by atoms with Gasteiger partial charge in [-0.05, 0) is 26.8 Å². The normalized spacial score (nSPS) is 32.5. The number of ether oxygens (including phenoxy) is 3. The van der Waals surface area contributed by atoms with Crippen LogP contribution in [-0.2, 0) is 16.0 Å². The number of pyridine rings is 1. The van der Waals surface area contributed by atoms with Gasteiger partial charge in [0.25, 0.3) is 6.01 Å². The zero-order valence-electron chi connectivity index (χ0n) is 14.4. The van der Waals surface area contributed by atoms with Crippen molar-refractivity contribution in [2.75, 3.05) is 13.2 Å². The summed E-state index contributed by atoms with van der Waals surface area (Å²) in [4.78, 5) is 9.15. The number of hydrogen-bond acceptors (Lipinski definition) is 5. The number of halogens is 1. The molecule has 4 unspecified atom stereocenters. The van der Waals surface area contributed by atoms with E-state index in [1.807, 2.05) is 24.5 Å². The summed E-state index contributed by atoms with van der Waals surface area (Å²) < 4.78 is 20.1. The third-order valence-corrected chi connectivity index (χ3v) is 5.74. The van der Waals surface area contributed by atoms with Crippen LogP contribution in [0.15, 0.2) is 6.07 Å². The van der Waals surface area contributed by atoms with Crippen molar-refractivity contribution >= 4 is 22.8 Å². The Kier molecular flexibility index (Phi) is 3.74. The highest BCUT2D eigenvalue weighted by molar-refractivity contribution is 6.31. The smallest absolute Gasteiger partial charge is 0.299 e. The van der Waals surface area contributed by atoms with Crippen LogP contribution in [0.2, 0.25) is 5.02 Å². The van der Waals surface area contributed by atoms with Gasteiger partial charge in [-0.2, -0.15) is 4.98 Å². The summed E-state index contributed by atoms with van der Waals surface area (Å²) >= 11 is 6.18. The maximum atomic E-state index is 6.21. The summed E-state index contributed by atoms with van der Waals surface area (Å²) in [5.74, 6) is 0.351. The molecule has 6 nitrogen and oxygen atoms in total. The van der Waals surface area contributed by atoms with Crippen LogP contribution in [0.3, 0.4) is 0 Å². The molecule has 2 aliphatic rings. The lowest BCUT2D eigenvalue weighted by molar-refractivity contribution is -0.0260. The molecule has 4 heterocycles. The minimum absolute atomic E-state index is 0.0732. The van der Waals surface area contributed by atoms with Gasteiger partial charge < -0.3 is 14.2 Å². The molecule has 0 N–H and O–H groups in total. The Hall–Kier alpha value is -1.37. The van der Waals surface area contributed by atoms with Crippen molar-refractivity contribution in [1.82, 2.24) is 14.5 Å². The summed E-state index contributed by atoms with van der Waals surface area (Å²) in [5.41, 5.74) is 2.03. The number of aryl methyl sites for hydroxylation is 2. The van der Waals surface area contributed by atoms with Crippen LogP contribution in [0.1, 0.15) is 26.5 Å². The molecule has 7 heteroatoms. The Morgan fingerprint density at radius 3 is 2.96 bits per heavy atom. The first-order valence-corrected chi connectivity index (χ1v) is 8.77. The third-order valence-electron chi connectivity index (χ3n) is 5.35. The van der Waals surface area contributed by atoms with Gasteiger partial charge in [0.15, 0.2) is 11.8 Å². The van der Waals surface area contributed by atoms with Crippen LogP contribution in [0.5, 0.6) is 6.01 Å². The summed E-state index contributed by atoms with van der Waals surface area (Å²) in [7, 11) is 0. The molecule has 0 radical (unpaired) electrons. The number of rotatable bonds is 3. The number of aromatic nitrogens is 3. The molecule has 0 aromatic carbocycles. The highest BCUT2D eigenvalue weighted by Crippen LogP contribution is 2.42. The molecule has 0 bridgehead atoms. The van der Waals surface area contributed by atoms with Crippen molar-refractivity contribution in [3.63, 3.8) is 0 Å². The molecule has 2 aromatic rings. The van der Waals surface area contributed by atoms with E-state index in [0.29, 0.717) is 36.7 Å². The lowest BCUT2D eigenvalue weighted by Gasteiger charge is -2.26. The van der Waals surface area contributed by atoms with Gasteiger partial charge in [0, 0.05) is 12.5 Å². The van der Waals surface area contributed by atoms with Crippen LogP contribution in [0.4, 0.5) is 0 Å². The average molecular weight is 352 g/mol. The molecule has 24 heavy (non-hydrogen) atoms. The molecule has 2 aromatic heterocycles. The predicted molar refractivity (Wildman–Crippen MR) is 90.6 cm³/mol. The van der Waals surface area contributed by atoms with Crippen LogP contribution >= 0.6 is 11.6 Å². The number of fused-ring (bicyclic) bond motifs is 2.